The van der Waals surface area contributed by atoms with Gasteiger partial charge in [0.05, 0.1) is 5.92 Å². The Labute approximate surface area is 84.9 Å². The van der Waals surface area contributed by atoms with Gasteiger partial charge in [-0.2, -0.15) is 0 Å². The van der Waals surface area contributed by atoms with Gasteiger partial charge in [0.1, 0.15) is 0 Å². The Hall–Kier alpha value is -0.570. The smallest absolute Gasteiger partial charge is 0.308 e. The number of hydrogen-bond donors (Lipinski definition) is 2. The van der Waals surface area contributed by atoms with Crippen LogP contribution in [-0.4, -0.2) is 23.7 Å². The zero-order valence-corrected chi connectivity index (χ0v) is 8.75. The first-order chi connectivity index (χ1) is 6.67. The van der Waals surface area contributed by atoms with Crippen LogP contribution in [0.15, 0.2) is 0 Å². The molecular formula is C11H19NO2. The fourth-order valence-electron chi connectivity index (χ4n) is 2.22. The number of carboxylic acids is 1. The lowest BCUT2D eigenvalue weighted by atomic mass is 9.79. The van der Waals surface area contributed by atoms with Crippen LogP contribution in [0.1, 0.15) is 39.0 Å². The molecule has 3 nitrogen and oxygen atoms in total. The predicted octanol–water partition coefficient (Wildman–Crippen LogP) is 1.63. The van der Waals surface area contributed by atoms with Crippen molar-refractivity contribution in [3.8, 4) is 0 Å². The lowest BCUT2D eigenvalue weighted by Crippen LogP contribution is -2.49. The largest absolute Gasteiger partial charge is 0.481 e. The van der Waals surface area contributed by atoms with Crippen molar-refractivity contribution in [3.63, 3.8) is 0 Å². The van der Waals surface area contributed by atoms with E-state index in [0.29, 0.717) is 5.41 Å². The van der Waals surface area contributed by atoms with E-state index in [9.17, 15) is 4.79 Å². The van der Waals surface area contributed by atoms with E-state index in [1.54, 1.807) is 0 Å². The van der Waals surface area contributed by atoms with Gasteiger partial charge < -0.3 is 10.4 Å². The second kappa shape index (κ2) is 3.54. The molecule has 80 valence electrons. The van der Waals surface area contributed by atoms with Gasteiger partial charge in [0, 0.05) is 12.6 Å². The van der Waals surface area contributed by atoms with E-state index in [4.69, 9.17) is 5.11 Å². The summed E-state index contributed by atoms with van der Waals surface area (Å²) in [4.78, 5) is 10.8. The second-order valence-corrected chi connectivity index (χ2v) is 4.86. The second-order valence-electron chi connectivity index (χ2n) is 4.86. The van der Waals surface area contributed by atoms with Crippen molar-refractivity contribution in [1.82, 2.24) is 5.32 Å². The fraction of sp³-hybridized carbons (Fsp3) is 0.909. The molecule has 0 heterocycles. The Kier molecular flexibility index (Phi) is 2.52. The van der Waals surface area contributed by atoms with E-state index >= 15 is 0 Å². The molecule has 0 radical (unpaired) electrons. The molecule has 0 aromatic rings. The third-order valence-electron chi connectivity index (χ3n) is 4.04. The third-order valence-corrected chi connectivity index (χ3v) is 4.04. The Morgan fingerprint density at radius 2 is 2.21 bits per heavy atom. The van der Waals surface area contributed by atoms with E-state index in [1.165, 1.54) is 19.3 Å². The van der Waals surface area contributed by atoms with Crippen LogP contribution in [0.3, 0.4) is 0 Å². The van der Waals surface area contributed by atoms with Gasteiger partial charge in [-0.15, -0.1) is 0 Å². The first-order valence-corrected chi connectivity index (χ1v) is 5.63. The summed E-state index contributed by atoms with van der Waals surface area (Å²) in [7, 11) is 0. The fourth-order valence-corrected chi connectivity index (χ4v) is 2.22. The first kappa shape index (κ1) is 9.97. The Balaban J connectivity index is 1.73. The van der Waals surface area contributed by atoms with Crippen molar-refractivity contribution < 1.29 is 9.90 Å². The number of hydrogen-bond acceptors (Lipinski definition) is 2. The maximum atomic E-state index is 10.8. The number of carbonyl (C=O) groups is 1. The van der Waals surface area contributed by atoms with Gasteiger partial charge in [-0.25, -0.2) is 0 Å². The van der Waals surface area contributed by atoms with Gasteiger partial charge in [0.2, 0.25) is 0 Å². The predicted molar refractivity (Wildman–Crippen MR) is 54.1 cm³/mol. The SMILES string of the molecule is CCC1(CNC2CCC2C(=O)O)CC1. The highest BCUT2D eigenvalue weighted by molar-refractivity contribution is 5.72. The minimum atomic E-state index is -0.630. The monoisotopic (exact) mass is 197 g/mol. The van der Waals surface area contributed by atoms with Crippen LogP contribution in [0.25, 0.3) is 0 Å². The molecule has 2 atom stereocenters. The molecular weight excluding hydrogens is 178 g/mol. The van der Waals surface area contributed by atoms with Gasteiger partial charge in [-0.1, -0.05) is 6.92 Å². The molecule has 2 unspecified atom stereocenters. The molecule has 0 spiro atoms. The quantitative estimate of drug-likeness (QED) is 0.704. The first-order valence-electron chi connectivity index (χ1n) is 5.63. The topological polar surface area (TPSA) is 49.3 Å². The van der Waals surface area contributed by atoms with E-state index in [0.717, 1.165) is 19.4 Å². The van der Waals surface area contributed by atoms with Gasteiger partial charge in [0.15, 0.2) is 0 Å². The molecule has 2 fully saturated rings. The van der Waals surface area contributed by atoms with Crippen molar-refractivity contribution in [2.24, 2.45) is 11.3 Å². The van der Waals surface area contributed by atoms with Gasteiger partial charge in [-0.05, 0) is 37.5 Å². The van der Waals surface area contributed by atoms with Crippen LogP contribution in [-0.2, 0) is 4.79 Å². The number of nitrogens with one attached hydrogen (secondary N) is 1. The maximum absolute atomic E-state index is 10.8. The average molecular weight is 197 g/mol. The maximum Gasteiger partial charge on any atom is 0.308 e. The van der Waals surface area contributed by atoms with Crippen molar-refractivity contribution in [2.45, 2.75) is 45.1 Å². The summed E-state index contributed by atoms with van der Waals surface area (Å²) in [5.74, 6) is -0.752. The summed E-state index contributed by atoms with van der Waals surface area (Å²) < 4.78 is 0. The van der Waals surface area contributed by atoms with Crippen LogP contribution >= 0.6 is 0 Å². The number of aliphatic carboxylic acids is 1. The van der Waals surface area contributed by atoms with Crippen molar-refractivity contribution in [3.05, 3.63) is 0 Å². The molecule has 14 heavy (non-hydrogen) atoms. The van der Waals surface area contributed by atoms with Crippen molar-refractivity contribution in [1.29, 1.82) is 0 Å². The highest BCUT2D eigenvalue weighted by Crippen LogP contribution is 2.48. The van der Waals surface area contributed by atoms with E-state index in [-0.39, 0.29) is 12.0 Å². The van der Waals surface area contributed by atoms with Gasteiger partial charge >= 0.3 is 5.97 Å². The summed E-state index contributed by atoms with van der Waals surface area (Å²) in [6, 6.07) is 0.247. The normalized spacial score (nSPS) is 33.5. The Morgan fingerprint density at radius 1 is 1.50 bits per heavy atom. The zero-order chi connectivity index (χ0) is 10.2. The molecule has 2 N–H and O–H groups in total. The molecule has 0 aromatic carbocycles. The zero-order valence-electron chi connectivity index (χ0n) is 8.75. The Morgan fingerprint density at radius 3 is 2.57 bits per heavy atom. The van der Waals surface area contributed by atoms with Crippen LogP contribution in [0.2, 0.25) is 0 Å². The van der Waals surface area contributed by atoms with Crippen LogP contribution in [0.5, 0.6) is 0 Å². The van der Waals surface area contributed by atoms with Crippen LogP contribution in [0.4, 0.5) is 0 Å². The van der Waals surface area contributed by atoms with Gasteiger partial charge in [-0.3, -0.25) is 4.79 Å². The van der Waals surface area contributed by atoms with Crippen molar-refractivity contribution in [2.75, 3.05) is 6.54 Å². The minimum absolute atomic E-state index is 0.123. The van der Waals surface area contributed by atoms with Crippen LogP contribution in [0, 0.1) is 11.3 Å². The summed E-state index contributed by atoms with van der Waals surface area (Å²) >= 11 is 0. The molecule has 0 saturated heterocycles. The molecule has 3 heteroatoms. The molecule has 2 saturated carbocycles. The van der Waals surface area contributed by atoms with E-state index in [1.807, 2.05) is 0 Å². The number of rotatable bonds is 5. The minimum Gasteiger partial charge on any atom is -0.481 e. The molecule has 0 aromatic heterocycles. The lowest BCUT2D eigenvalue weighted by Gasteiger charge is -2.35. The van der Waals surface area contributed by atoms with E-state index in [2.05, 4.69) is 12.2 Å². The molecule has 0 aliphatic heterocycles. The summed E-state index contributed by atoms with van der Waals surface area (Å²) in [6.07, 6.45) is 5.76. The summed E-state index contributed by atoms with van der Waals surface area (Å²) in [5, 5.41) is 12.3. The molecule has 2 rings (SSSR count). The summed E-state index contributed by atoms with van der Waals surface area (Å²) in [6.45, 7) is 3.25. The Bertz CT molecular complexity index is 235. The van der Waals surface area contributed by atoms with Crippen LogP contribution < -0.4 is 5.32 Å². The lowest BCUT2D eigenvalue weighted by molar-refractivity contribution is -0.146. The van der Waals surface area contributed by atoms with E-state index < -0.39 is 5.97 Å². The average Bonchev–Trinajstić information content (AvgIpc) is 2.82. The highest BCUT2D eigenvalue weighted by Gasteiger charge is 2.43. The molecule has 0 bridgehead atoms. The third kappa shape index (κ3) is 1.78. The van der Waals surface area contributed by atoms with Gasteiger partial charge in [0.25, 0.3) is 0 Å². The van der Waals surface area contributed by atoms with Crippen molar-refractivity contribution >= 4 is 5.97 Å². The highest BCUT2D eigenvalue weighted by atomic mass is 16.4. The molecule has 2 aliphatic rings. The molecule has 2 aliphatic carbocycles. The molecule has 0 amide bonds. The number of carboxylic acid groups (broad SMARTS) is 1. The summed E-state index contributed by atoms with van der Waals surface area (Å²) in [5.41, 5.74) is 0.526. The standard InChI is InChI=1S/C11H19NO2/c1-2-11(5-6-11)7-12-9-4-3-8(9)10(13)14/h8-9,12H,2-7H2,1H3,(H,13,14).